The zero-order valence-corrected chi connectivity index (χ0v) is 18.3. The Hall–Kier alpha value is -2.60. The van der Waals surface area contributed by atoms with Gasteiger partial charge in [0, 0.05) is 6.92 Å². The summed E-state index contributed by atoms with van der Waals surface area (Å²) in [6.07, 6.45) is -5.31. The van der Waals surface area contributed by atoms with Gasteiger partial charge >= 0.3 is 6.18 Å². The van der Waals surface area contributed by atoms with Crippen LogP contribution in [0.2, 0.25) is 0 Å². The van der Waals surface area contributed by atoms with Crippen LogP contribution in [0.3, 0.4) is 0 Å². The number of fused-ring (bicyclic) bond motifs is 1. The average molecular weight is 482 g/mol. The fraction of sp³-hybridized carbons (Fsp3) is 0.350. The summed E-state index contributed by atoms with van der Waals surface area (Å²) >= 11 is 0. The summed E-state index contributed by atoms with van der Waals surface area (Å²) in [4.78, 5) is -0.178. The molecular formula is C20H20F6N2O3S. The molecule has 0 amide bonds. The summed E-state index contributed by atoms with van der Waals surface area (Å²) in [7, 11) is -4.27. The first kappa shape index (κ1) is 25.7. The summed E-state index contributed by atoms with van der Waals surface area (Å²) in [6.45, 7) is 6.84. The lowest BCUT2D eigenvalue weighted by molar-refractivity contribution is -0.675. The first-order valence-corrected chi connectivity index (χ1v) is 10.8. The predicted octanol–water partition coefficient (Wildman–Crippen LogP) is 4.61. The molecule has 0 fully saturated rings. The van der Waals surface area contributed by atoms with Crippen molar-refractivity contribution in [1.82, 2.24) is 4.57 Å². The van der Waals surface area contributed by atoms with Gasteiger partial charge in [-0.15, -0.1) is 0 Å². The highest BCUT2D eigenvalue weighted by molar-refractivity contribution is 7.85. The van der Waals surface area contributed by atoms with Crippen LogP contribution in [0.5, 0.6) is 0 Å². The van der Waals surface area contributed by atoms with Crippen molar-refractivity contribution in [3.8, 4) is 0 Å². The van der Waals surface area contributed by atoms with Gasteiger partial charge in [-0.3, -0.25) is 0 Å². The fourth-order valence-corrected chi connectivity index (χ4v) is 3.80. The van der Waals surface area contributed by atoms with Crippen molar-refractivity contribution in [2.24, 2.45) is 0 Å². The lowest BCUT2D eigenvalue weighted by Crippen LogP contribution is -2.36. The molecule has 0 aliphatic rings. The molecule has 32 heavy (non-hydrogen) atoms. The lowest BCUT2D eigenvalue weighted by atomic mass is 10.1. The average Bonchev–Trinajstić information content (AvgIpc) is 2.97. The van der Waals surface area contributed by atoms with Crippen molar-refractivity contribution in [3.63, 3.8) is 0 Å². The van der Waals surface area contributed by atoms with Crippen LogP contribution in [0, 0.1) is 31.3 Å². The van der Waals surface area contributed by atoms with Gasteiger partial charge in [-0.25, -0.2) is 26.3 Å². The van der Waals surface area contributed by atoms with E-state index in [9.17, 15) is 39.3 Å². The summed E-state index contributed by atoms with van der Waals surface area (Å²) in [5.74, 6) is -5.32. The summed E-state index contributed by atoms with van der Waals surface area (Å²) in [5, 5.41) is 0. The highest BCUT2D eigenvalue weighted by atomic mass is 32.2. The second-order valence-corrected chi connectivity index (χ2v) is 8.19. The Morgan fingerprint density at radius 1 is 0.969 bits per heavy atom. The van der Waals surface area contributed by atoms with Crippen molar-refractivity contribution in [1.29, 1.82) is 0 Å². The Morgan fingerprint density at radius 2 is 1.50 bits per heavy atom. The van der Waals surface area contributed by atoms with E-state index in [1.807, 2.05) is 6.92 Å². The summed E-state index contributed by atoms with van der Waals surface area (Å²) < 4.78 is 114. The number of imidazole rings is 1. The van der Waals surface area contributed by atoms with Gasteiger partial charge in [0.25, 0.3) is 5.82 Å². The fourth-order valence-electron chi connectivity index (χ4n) is 3.33. The van der Waals surface area contributed by atoms with Gasteiger partial charge in [-0.1, -0.05) is 17.7 Å². The zero-order valence-electron chi connectivity index (χ0n) is 17.5. The normalized spacial score (nSPS) is 12.1. The Balaban J connectivity index is 0.000000278. The molecule has 2 aromatic carbocycles. The number of hydrogen-bond acceptors (Lipinski definition) is 3. The maximum absolute atomic E-state index is 14.2. The minimum atomic E-state index is -5.31. The third-order valence-electron chi connectivity index (χ3n) is 4.82. The van der Waals surface area contributed by atoms with E-state index in [0.717, 1.165) is 5.56 Å². The van der Waals surface area contributed by atoms with E-state index >= 15 is 0 Å². The second kappa shape index (κ2) is 9.10. The monoisotopic (exact) mass is 482 g/mol. The quantitative estimate of drug-likeness (QED) is 0.237. The van der Waals surface area contributed by atoms with Gasteiger partial charge in [-0.05, 0) is 32.9 Å². The van der Waals surface area contributed by atoms with Crippen molar-refractivity contribution in [2.75, 3.05) is 0 Å². The van der Waals surface area contributed by atoms with Gasteiger partial charge in [0.1, 0.15) is 15.7 Å². The second-order valence-electron chi connectivity index (χ2n) is 6.81. The van der Waals surface area contributed by atoms with Crippen molar-refractivity contribution in [3.05, 3.63) is 58.7 Å². The van der Waals surface area contributed by atoms with Crippen molar-refractivity contribution >= 4 is 21.2 Å². The van der Waals surface area contributed by atoms with E-state index in [4.69, 9.17) is 0 Å². The van der Waals surface area contributed by atoms with Gasteiger partial charge in [0.05, 0.1) is 18.0 Å². The molecule has 0 radical (unpaired) electrons. The molecule has 1 aromatic heterocycles. The molecule has 0 unspecified atom stereocenters. The Kier molecular flexibility index (Phi) is 7.30. The van der Waals surface area contributed by atoms with Crippen LogP contribution >= 0.6 is 0 Å². The number of benzene rings is 2. The lowest BCUT2D eigenvalue weighted by Gasteiger charge is -2.10. The van der Waals surface area contributed by atoms with E-state index < -0.39 is 50.3 Å². The van der Waals surface area contributed by atoms with Crippen LogP contribution in [0.1, 0.15) is 30.8 Å². The van der Waals surface area contributed by atoms with Crippen LogP contribution in [0.25, 0.3) is 11.0 Å². The molecule has 5 nitrogen and oxygen atoms in total. The van der Waals surface area contributed by atoms with Crippen LogP contribution in [-0.4, -0.2) is 17.5 Å². The molecular weight excluding hydrogens is 462 g/mol. The van der Waals surface area contributed by atoms with E-state index in [1.54, 1.807) is 26.0 Å². The third kappa shape index (κ3) is 4.75. The first-order chi connectivity index (χ1) is 14.7. The SMILES string of the molecule is CCn1c(C)[n+](CC)c2c(F)c(F)c(C(F)(F)F)c(F)c21.Cc1ccc(S(=O)(=O)[O-])cc1. The zero-order chi connectivity index (χ0) is 24.6. The first-order valence-electron chi connectivity index (χ1n) is 9.35. The number of aryl methyl sites for hydroxylation is 3. The molecule has 176 valence electrons. The molecule has 1 heterocycles. The Morgan fingerprint density at radius 3 is 1.91 bits per heavy atom. The van der Waals surface area contributed by atoms with Crippen LogP contribution in [0.15, 0.2) is 29.2 Å². The van der Waals surface area contributed by atoms with E-state index in [2.05, 4.69) is 0 Å². The third-order valence-corrected chi connectivity index (χ3v) is 5.67. The highest BCUT2D eigenvalue weighted by Crippen LogP contribution is 2.38. The van der Waals surface area contributed by atoms with E-state index in [0.29, 0.717) is 5.82 Å². The Labute approximate surface area is 180 Å². The maximum Gasteiger partial charge on any atom is 0.422 e. The standard InChI is InChI=1S/C13H13F6N2.C7H8O3S/c1-4-20-6(3)21(5-2)12-10(16)8(14)7(13(17,18)19)9(15)11(12)20;1-6-2-4-7(5-3-6)11(8,9)10/h4-5H2,1-3H3;2-5H,1H3,(H,8,9,10)/q+1;/p-1. The molecule has 3 rings (SSSR count). The molecule has 0 atom stereocenters. The smallest absolute Gasteiger partial charge is 0.422 e. The number of rotatable bonds is 3. The number of hydrogen-bond donors (Lipinski definition) is 0. The van der Waals surface area contributed by atoms with Crippen LogP contribution < -0.4 is 4.57 Å². The largest absolute Gasteiger partial charge is 0.744 e. The summed E-state index contributed by atoms with van der Waals surface area (Å²) in [6, 6.07) is 5.78. The number of aromatic nitrogens is 2. The predicted molar refractivity (Wildman–Crippen MR) is 102 cm³/mol. The molecule has 0 aliphatic carbocycles. The highest BCUT2D eigenvalue weighted by Gasteiger charge is 2.44. The molecule has 0 bridgehead atoms. The van der Waals surface area contributed by atoms with Gasteiger partial charge < -0.3 is 4.55 Å². The minimum absolute atomic E-state index is 0.134. The van der Waals surface area contributed by atoms with Crippen LogP contribution in [-0.2, 0) is 29.4 Å². The molecule has 3 aromatic rings. The molecule has 0 N–H and O–H groups in total. The van der Waals surface area contributed by atoms with Crippen molar-refractivity contribution in [2.45, 2.75) is 51.9 Å². The number of nitrogens with zero attached hydrogens (tertiary/aromatic N) is 2. The van der Waals surface area contributed by atoms with Gasteiger partial charge in [0.15, 0.2) is 11.6 Å². The van der Waals surface area contributed by atoms with E-state index in [1.165, 1.54) is 28.2 Å². The topological polar surface area (TPSA) is 66.0 Å². The van der Waals surface area contributed by atoms with E-state index in [-0.39, 0.29) is 18.0 Å². The molecule has 0 saturated heterocycles. The maximum atomic E-state index is 14.2. The van der Waals surface area contributed by atoms with Gasteiger partial charge in [-0.2, -0.15) is 17.6 Å². The number of halogens is 6. The Bertz CT molecular complexity index is 1250. The molecule has 0 spiro atoms. The van der Waals surface area contributed by atoms with Crippen LogP contribution in [0.4, 0.5) is 26.3 Å². The molecule has 12 heteroatoms. The minimum Gasteiger partial charge on any atom is -0.744 e. The number of alkyl halides is 3. The van der Waals surface area contributed by atoms with Crippen molar-refractivity contribution < 1.29 is 43.9 Å². The molecule has 0 aliphatic heterocycles. The summed E-state index contributed by atoms with van der Waals surface area (Å²) in [5.41, 5.74) is -2.32. The molecule has 0 saturated carbocycles. The van der Waals surface area contributed by atoms with Gasteiger partial charge in [0.2, 0.25) is 16.9 Å².